The summed E-state index contributed by atoms with van der Waals surface area (Å²) in [6.07, 6.45) is 0.0250. The standard InChI is InChI=1S/C4H10O6S2.Li.H/c5-11(6,7)3-1-2-4-12(8,9)10;;/h1-4H2,(H,5,6,7)(H,8,9,10);;/q;+1;-1. The van der Waals surface area contributed by atoms with Gasteiger partial charge in [0.25, 0.3) is 20.2 Å². The fourth-order valence-electron chi connectivity index (χ4n) is 0.569. The molecule has 6 nitrogen and oxygen atoms in total. The van der Waals surface area contributed by atoms with E-state index in [0.717, 1.165) is 0 Å². The topological polar surface area (TPSA) is 109 Å². The Labute approximate surface area is 90.9 Å². The third-order valence-electron chi connectivity index (χ3n) is 1.05. The van der Waals surface area contributed by atoms with Gasteiger partial charge in [-0.05, 0) is 12.8 Å². The molecule has 0 atom stereocenters. The molecule has 0 unspecified atom stereocenters. The molecule has 2 N–H and O–H groups in total. The van der Waals surface area contributed by atoms with Crippen LogP contribution >= 0.6 is 0 Å². The van der Waals surface area contributed by atoms with Gasteiger partial charge in [-0.25, -0.2) is 0 Å². The third-order valence-corrected chi connectivity index (χ3v) is 2.66. The number of hydrogen-bond acceptors (Lipinski definition) is 4. The van der Waals surface area contributed by atoms with Crippen LogP contribution in [0.25, 0.3) is 0 Å². The van der Waals surface area contributed by atoms with Crippen LogP contribution in [-0.2, 0) is 20.2 Å². The van der Waals surface area contributed by atoms with Gasteiger partial charge in [0.1, 0.15) is 0 Å². The molecule has 0 spiro atoms. The van der Waals surface area contributed by atoms with Crippen LogP contribution < -0.4 is 18.9 Å². The van der Waals surface area contributed by atoms with E-state index in [1.165, 1.54) is 0 Å². The first-order chi connectivity index (χ1) is 5.21. The van der Waals surface area contributed by atoms with E-state index in [-0.39, 0.29) is 33.1 Å². The van der Waals surface area contributed by atoms with Gasteiger partial charge in [-0.15, -0.1) is 0 Å². The summed E-state index contributed by atoms with van der Waals surface area (Å²) in [6.45, 7) is 0. The van der Waals surface area contributed by atoms with Crippen molar-refractivity contribution >= 4 is 20.2 Å². The zero-order valence-electron chi connectivity index (χ0n) is 8.17. The summed E-state index contributed by atoms with van der Waals surface area (Å²) >= 11 is 0. The Morgan fingerprint density at radius 1 is 0.846 bits per heavy atom. The van der Waals surface area contributed by atoms with E-state index >= 15 is 0 Å². The van der Waals surface area contributed by atoms with Gasteiger partial charge in [-0.2, -0.15) is 16.8 Å². The molecule has 0 fully saturated rings. The zero-order chi connectivity index (χ0) is 9.83. The van der Waals surface area contributed by atoms with Gasteiger partial charge in [0.15, 0.2) is 0 Å². The van der Waals surface area contributed by atoms with E-state index in [1.807, 2.05) is 0 Å². The number of unbranched alkanes of at least 4 members (excludes halogenated alkanes) is 1. The van der Waals surface area contributed by atoms with E-state index in [9.17, 15) is 16.8 Å². The Bertz CT molecular complexity index is 288. The van der Waals surface area contributed by atoms with Gasteiger partial charge >= 0.3 is 18.9 Å². The Hall–Kier alpha value is 0.417. The second kappa shape index (κ2) is 6.01. The molecule has 0 radical (unpaired) electrons. The fraction of sp³-hybridized carbons (Fsp3) is 1.00. The van der Waals surface area contributed by atoms with Gasteiger partial charge in [0, 0.05) is 0 Å². The Morgan fingerprint density at radius 3 is 1.23 bits per heavy atom. The quantitative estimate of drug-likeness (QED) is 0.288. The van der Waals surface area contributed by atoms with Crippen LogP contribution in [0.1, 0.15) is 14.3 Å². The smallest absolute Gasteiger partial charge is 1.00 e. The minimum Gasteiger partial charge on any atom is -1.00 e. The van der Waals surface area contributed by atoms with Crippen LogP contribution in [0.5, 0.6) is 0 Å². The molecule has 0 saturated heterocycles. The molecular formula is C4H11LiO6S2. The minimum absolute atomic E-state index is 0. The number of hydrogen-bond donors (Lipinski definition) is 2. The number of rotatable bonds is 5. The first-order valence-electron chi connectivity index (χ1n) is 3.11. The molecule has 0 aliphatic carbocycles. The molecule has 9 heteroatoms. The van der Waals surface area contributed by atoms with E-state index in [4.69, 9.17) is 9.11 Å². The Morgan fingerprint density at radius 2 is 1.08 bits per heavy atom. The Balaban J connectivity index is -0.000000605. The van der Waals surface area contributed by atoms with Gasteiger partial charge in [0.2, 0.25) is 0 Å². The molecule has 0 aliphatic rings. The predicted octanol–water partition coefficient (Wildman–Crippen LogP) is -3.34. The monoisotopic (exact) mass is 226 g/mol. The second-order valence-electron chi connectivity index (χ2n) is 2.28. The molecule has 0 saturated carbocycles. The molecule has 13 heavy (non-hydrogen) atoms. The average molecular weight is 226 g/mol. The maximum Gasteiger partial charge on any atom is 1.00 e. The fourth-order valence-corrected chi connectivity index (χ4v) is 1.71. The molecule has 0 rings (SSSR count). The van der Waals surface area contributed by atoms with Gasteiger partial charge in [-0.1, -0.05) is 0 Å². The average Bonchev–Trinajstić information content (AvgIpc) is 1.76. The largest absolute Gasteiger partial charge is 1.00 e. The molecule has 0 heterocycles. The SMILES string of the molecule is O=S(=O)(O)CCCCS(=O)(=O)O.[H-].[Li+]. The van der Waals surface area contributed by atoms with Crippen molar-refractivity contribution in [1.29, 1.82) is 0 Å². The van der Waals surface area contributed by atoms with Gasteiger partial charge in [0.05, 0.1) is 11.5 Å². The van der Waals surface area contributed by atoms with Crippen LogP contribution in [0, 0.1) is 0 Å². The molecule has 0 aliphatic heterocycles. The van der Waals surface area contributed by atoms with Crippen molar-refractivity contribution in [2.75, 3.05) is 11.5 Å². The van der Waals surface area contributed by atoms with Crippen LogP contribution in [0.3, 0.4) is 0 Å². The first kappa shape index (κ1) is 15.9. The third kappa shape index (κ3) is 15.2. The normalized spacial score (nSPS) is 12.2. The molecule has 0 aromatic carbocycles. The van der Waals surface area contributed by atoms with E-state index in [1.54, 1.807) is 0 Å². The Kier molecular flexibility index (Phi) is 7.33. The molecule has 0 aromatic rings. The predicted molar refractivity (Wildman–Crippen MR) is 43.2 cm³/mol. The van der Waals surface area contributed by atoms with Crippen LogP contribution in [0.15, 0.2) is 0 Å². The van der Waals surface area contributed by atoms with Crippen LogP contribution in [0.2, 0.25) is 0 Å². The minimum atomic E-state index is -4.02. The maximum absolute atomic E-state index is 10.1. The summed E-state index contributed by atoms with van der Waals surface area (Å²) in [6, 6.07) is 0. The van der Waals surface area contributed by atoms with E-state index in [0.29, 0.717) is 0 Å². The first-order valence-corrected chi connectivity index (χ1v) is 6.33. The van der Waals surface area contributed by atoms with Gasteiger partial charge < -0.3 is 1.43 Å². The molecular weight excluding hydrogens is 215 g/mol. The zero-order valence-corrected chi connectivity index (χ0v) is 8.81. The van der Waals surface area contributed by atoms with Crippen molar-refractivity contribution in [2.24, 2.45) is 0 Å². The molecule has 0 bridgehead atoms. The summed E-state index contributed by atoms with van der Waals surface area (Å²) in [4.78, 5) is 0. The van der Waals surface area contributed by atoms with Crippen LogP contribution in [0.4, 0.5) is 0 Å². The summed E-state index contributed by atoms with van der Waals surface area (Å²) in [5.74, 6) is -0.967. The van der Waals surface area contributed by atoms with Crippen LogP contribution in [-0.4, -0.2) is 37.4 Å². The maximum atomic E-state index is 10.1. The van der Waals surface area contributed by atoms with Gasteiger partial charge in [-0.3, -0.25) is 9.11 Å². The summed E-state index contributed by atoms with van der Waals surface area (Å²) in [7, 11) is -8.04. The van der Waals surface area contributed by atoms with Crippen molar-refractivity contribution in [1.82, 2.24) is 0 Å². The van der Waals surface area contributed by atoms with Crippen molar-refractivity contribution in [3.8, 4) is 0 Å². The van der Waals surface area contributed by atoms with Crippen molar-refractivity contribution in [2.45, 2.75) is 12.8 Å². The molecule has 76 valence electrons. The van der Waals surface area contributed by atoms with E-state index < -0.39 is 31.7 Å². The summed E-state index contributed by atoms with van der Waals surface area (Å²) < 4.78 is 56.8. The summed E-state index contributed by atoms with van der Waals surface area (Å²) in [5.41, 5.74) is 0. The summed E-state index contributed by atoms with van der Waals surface area (Å²) in [5, 5.41) is 0. The van der Waals surface area contributed by atoms with E-state index in [2.05, 4.69) is 0 Å². The van der Waals surface area contributed by atoms with Crippen molar-refractivity contribution in [3.05, 3.63) is 0 Å². The van der Waals surface area contributed by atoms with Crippen molar-refractivity contribution < 1.29 is 46.2 Å². The van der Waals surface area contributed by atoms with Crippen molar-refractivity contribution in [3.63, 3.8) is 0 Å². The molecule has 0 amide bonds. The second-order valence-corrected chi connectivity index (χ2v) is 5.42. The molecule has 0 aromatic heterocycles.